The first-order valence-electron chi connectivity index (χ1n) is 36.0. The highest BCUT2D eigenvalue weighted by Gasteiger charge is 2.20. The molecule has 0 aliphatic carbocycles. The van der Waals surface area contributed by atoms with Crippen molar-refractivity contribution in [3.05, 3.63) is 0 Å². The highest BCUT2D eigenvalue weighted by atomic mass is 16.6. The van der Waals surface area contributed by atoms with Gasteiger partial charge in [0, 0.05) is 19.3 Å². The van der Waals surface area contributed by atoms with Gasteiger partial charge in [0.25, 0.3) is 0 Å². The van der Waals surface area contributed by atoms with E-state index in [1.54, 1.807) is 0 Å². The molecule has 0 N–H and O–H groups in total. The molecule has 0 amide bonds. The molecule has 464 valence electrons. The molecular formula is C72H140O6. The smallest absolute Gasteiger partial charge is 0.306 e. The topological polar surface area (TPSA) is 78.9 Å². The first kappa shape index (κ1) is 76.4. The van der Waals surface area contributed by atoms with Crippen LogP contribution in [-0.2, 0) is 28.6 Å². The first-order chi connectivity index (χ1) is 38.5. The van der Waals surface area contributed by atoms with Crippen molar-refractivity contribution < 1.29 is 28.6 Å². The van der Waals surface area contributed by atoms with E-state index in [0.29, 0.717) is 19.3 Å². The van der Waals surface area contributed by atoms with Gasteiger partial charge in [0.1, 0.15) is 13.2 Å². The van der Waals surface area contributed by atoms with E-state index in [9.17, 15) is 14.4 Å². The summed E-state index contributed by atoms with van der Waals surface area (Å²) < 4.78 is 16.9. The molecule has 0 saturated carbocycles. The van der Waals surface area contributed by atoms with Crippen LogP contribution in [0.4, 0.5) is 0 Å². The van der Waals surface area contributed by atoms with Crippen molar-refractivity contribution in [1.29, 1.82) is 0 Å². The SMILES string of the molecule is CCCCCCCCCCCCCCCCCCCCCCCCCCCCCCCCC(=O)OCC(COC(=O)CCCCCCCCCC)OC(=O)CCCCCCCCCCCCCCCCCCCCCCCC. The Kier molecular flexibility index (Phi) is 66.5. The zero-order valence-corrected chi connectivity index (χ0v) is 53.5. The maximum Gasteiger partial charge on any atom is 0.306 e. The summed E-state index contributed by atoms with van der Waals surface area (Å²) in [5.74, 6) is -0.829. The fraction of sp³-hybridized carbons (Fsp3) is 0.958. The van der Waals surface area contributed by atoms with Crippen LogP contribution in [0.3, 0.4) is 0 Å². The summed E-state index contributed by atoms with van der Waals surface area (Å²) in [6.07, 6.45) is 80.3. The van der Waals surface area contributed by atoms with Crippen LogP contribution < -0.4 is 0 Å². The molecule has 6 heteroatoms. The van der Waals surface area contributed by atoms with Crippen LogP contribution in [0.25, 0.3) is 0 Å². The Morgan fingerprint density at radius 3 is 0.513 bits per heavy atom. The van der Waals surface area contributed by atoms with Gasteiger partial charge < -0.3 is 14.2 Å². The lowest BCUT2D eigenvalue weighted by molar-refractivity contribution is -0.167. The summed E-state index contributed by atoms with van der Waals surface area (Å²) in [4.78, 5) is 38.2. The highest BCUT2D eigenvalue weighted by Crippen LogP contribution is 2.20. The van der Waals surface area contributed by atoms with E-state index in [1.165, 1.54) is 327 Å². The lowest BCUT2D eigenvalue weighted by Crippen LogP contribution is -2.30. The number of rotatable bonds is 68. The Bertz CT molecular complexity index is 1170. The molecule has 78 heavy (non-hydrogen) atoms. The molecular weight excluding hydrogens is 961 g/mol. The molecule has 6 nitrogen and oxygen atoms in total. The van der Waals surface area contributed by atoms with Gasteiger partial charge in [-0.2, -0.15) is 0 Å². The predicted octanol–water partition coefficient (Wildman–Crippen LogP) is 24.6. The van der Waals surface area contributed by atoms with E-state index in [2.05, 4.69) is 20.8 Å². The molecule has 0 bridgehead atoms. The monoisotopic (exact) mass is 1100 g/mol. The van der Waals surface area contributed by atoms with Gasteiger partial charge >= 0.3 is 17.9 Å². The van der Waals surface area contributed by atoms with Crippen molar-refractivity contribution in [3.63, 3.8) is 0 Å². The van der Waals surface area contributed by atoms with Gasteiger partial charge in [-0.3, -0.25) is 14.4 Å². The molecule has 0 aromatic heterocycles. The van der Waals surface area contributed by atoms with Crippen molar-refractivity contribution in [3.8, 4) is 0 Å². The Hall–Kier alpha value is -1.59. The lowest BCUT2D eigenvalue weighted by Gasteiger charge is -2.18. The summed E-state index contributed by atoms with van der Waals surface area (Å²) in [6, 6.07) is 0. The summed E-state index contributed by atoms with van der Waals surface area (Å²) in [5, 5.41) is 0. The minimum absolute atomic E-state index is 0.0610. The van der Waals surface area contributed by atoms with Gasteiger partial charge in [-0.05, 0) is 19.3 Å². The largest absolute Gasteiger partial charge is 0.462 e. The third kappa shape index (κ3) is 65.2. The van der Waals surface area contributed by atoms with Crippen LogP contribution in [0, 0.1) is 0 Å². The summed E-state index contributed by atoms with van der Waals surface area (Å²) in [6.45, 7) is 6.71. The van der Waals surface area contributed by atoms with E-state index in [-0.39, 0.29) is 31.1 Å². The van der Waals surface area contributed by atoms with Crippen LogP contribution in [0.15, 0.2) is 0 Å². The van der Waals surface area contributed by atoms with Crippen molar-refractivity contribution >= 4 is 17.9 Å². The molecule has 0 radical (unpaired) electrons. The summed E-state index contributed by atoms with van der Waals surface area (Å²) >= 11 is 0. The molecule has 0 fully saturated rings. The number of carbonyl (C=O) groups excluding carboxylic acids is 3. The van der Waals surface area contributed by atoms with Gasteiger partial charge in [-0.1, -0.05) is 387 Å². The van der Waals surface area contributed by atoms with Gasteiger partial charge in [-0.25, -0.2) is 0 Å². The molecule has 0 spiro atoms. The van der Waals surface area contributed by atoms with Crippen molar-refractivity contribution in [2.75, 3.05) is 13.2 Å². The Morgan fingerprint density at radius 1 is 0.205 bits per heavy atom. The van der Waals surface area contributed by atoms with E-state index in [0.717, 1.165) is 57.8 Å². The lowest BCUT2D eigenvalue weighted by atomic mass is 10.0. The standard InChI is InChI=1S/C72H140O6/c1-4-7-10-13-16-19-21-23-25-27-29-31-33-34-35-36-37-38-39-40-42-43-45-47-49-51-53-56-59-62-65-71(74)77-68-69(67-76-70(73)64-61-58-55-18-15-12-9-6-3)78-72(75)66-63-60-57-54-52-50-48-46-44-41-32-30-28-26-24-22-20-17-14-11-8-5-2/h69H,4-68H2,1-3H3. The number of esters is 3. The molecule has 0 aliphatic heterocycles. The molecule has 0 aromatic rings. The molecule has 1 atom stereocenters. The fourth-order valence-corrected chi connectivity index (χ4v) is 11.5. The zero-order chi connectivity index (χ0) is 56.4. The molecule has 0 saturated heterocycles. The van der Waals surface area contributed by atoms with Crippen molar-refractivity contribution in [1.82, 2.24) is 0 Å². The van der Waals surface area contributed by atoms with Crippen LogP contribution in [0.1, 0.15) is 425 Å². The van der Waals surface area contributed by atoms with E-state index >= 15 is 0 Å². The Labute approximate surface area is 488 Å². The predicted molar refractivity (Wildman–Crippen MR) is 340 cm³/mol. The molecule has 0 aliphatic rings. The second-order valence-electron chi connectivity index (χ2n) is 24.9. The van der Waals surface area contributed by atoms with Gasteiger partial charge in [0.2, 0.25) is 0 Å². The highest BCUT2D eigenvalue weighted by molar-refractivity contribution is 5.71. The number of carbonyl (C=O) groups is 3. The quantitative estimate of drug-likeness (QED) is 0.0343. The van der Waals surface area contributed by atoms with Gasteiger partial charge in [0.15, 0.2) is 6.10 Å². The van der Waals surface area contributed by atoms with Crippen molar-refractivity contribution in [2.45, 2.75) is 431 Å². The van der Waals surface area contributed by atoms with E-state index in [1.807, 2.05) is 0 Å². The molecule has 0 aromatic carbocycles. The average molecular weight is 1100 g/mol. The zero-order valence-electron chi connectivity index (χ0n) is 53.5. The number of hydrogen-bond acceptors (Lipinski definition) is 6. The maximum absolute atomic E-state index is 12.9. The Balaban J connectivity index is 4.00. The maximum atomic E-state index is 12.9. The second kappa shape index (κ2) is 67.9. The van der Waals surface area contributed by atoms with Crippen LogP contribution in [0.5, 0.6) is 0 Å². The van der Waals surface area contributed by atoms with Crippen LogP contribution in [0.2, 0.25) is 0 Å². The third-order valence-electron chi connectivity index (χ3n) is 16.9. The number of unbranched alkanes of at least 4 members (excludes halogenated alkanes) is 57. The fourth-order valence-electron chi connectivity index (χ4n) is 11.5. The van der Waals surface area contributed by atoms with Crippen molar-refractivity contribution in [2.24, 2.45) is 0 Å². The summed E-state index contributed by atoms with van der Waals surface area (Å²) in [5.41, 5.74) is 0. The average Bonchev–Trinajstić information content (AvgIpc) is 3.44. The van der Waals surface area contributed by atoms with Gasteiger partial charge in [0.05, 0.1) is 0 Å². The summed E-state index contributed by atoms with van der Waals surface area (Å²) in [7, 11) is 0. The minimum atomic E-state index is -0.762. The number of hydrogen-bond donors (Lipinski definition) is 0. The Morgan fingerprint density at radius 2 is 0.346 bits per heavy atom. The van der Waals surface area contributed by atoms with Crippen LogP contribution >= 0.6 is 0 Å². The molecule has 0 heterocycles. The first-order valence-corrected chi connectivity index (χ1v) is 36.0. The van der Waals surface area contributed by atoms with E-state index in [4.69, 9.17) is 14.2 Å². The molecule has 1 unspecified atom stereocenters. The van der Waals surface area contributed by atoms with Gasteiger partial charge in [-0.15, -0.1) is 0 Å². The van der Waals surface area contributed by atoms with E-state index < -0.39 is 6.10 Å². The second-order valence-corrected chi connectivity index (χ2v) is 24.9. The third-order valence-corrected chi connectivity index (χ3v) is 16.9. The molecule has 0 rings (SSSR count). The van der Waals surface area contributed by atoms with Crippen LogP contribution in [-0.4, -0.2) is 37.2 Å². The number of ether oxygens (including phenoxy) is 3. The minimum Gasteiger partial charge on any atom is -0.462 e. The normalized spacial score (nSPS) is 11.9.